The van der Waals surface area contributed by atoms with Crippen LogP contribution in [0.15, 0.2) is 29.0 Å². The largest absolute Gasteiger partial charge is 0.337 e. The van der Waals surface area contributed by atoms with Crippen LogP contribution in [-0.2, 0) is 11.3 Å². The fraction of sp³-hybridized carbons (Fsp3) is 0.600. The van der Waals surface area contributed by atoms with Crippen molar-refractivity contribution in [1.29, 1.82) is 0 Å². The van der Waals surface area contributed by atoms with E-state index in [1.54, 1.807) is 24.3 Å². The number of hydrogen-bond donors (Lipinski definition) is 1. The SMILES string of the molecule is CN(Cc1nc(-c2cccnc2)no1)C(=O)C[C@@H]1CC[C@H](CN)N1CC1CC1. The predicted molar refractivity (Wildman–Crippen MR) is 104 cm³/mol. The minimum absolute atomic E-state index is 0.101. The van der Waals surface area contributed by atoms with Crippen molar-refractivity contribution in [2.45, 2.75) is 50.7 Å². The molecule has 1 amide bonds. The van der Waals surface area contributed by atoms with Gasteiger partial charge < -0.3 is 15.2 Å². The second-order valence-electron chi connectivity index (χ2n) is 7.97. The maximum absolute atomic E-state index is 12.8. The van der Waals surface area contributed by atoms with Gasteiger partial charge in [0.05, 0.1) is 6.54 Å². The molecule has 2 N–H and O–H groups in total. The standard InChI is InChI=1S/C20H28N6O2/c1-25(13-18-23-20(24-28-18)15-3-2-8-22-11-15)19(27)9-16-6-7-17(10-21)26(16)12-14-4-5-14/h2-3,8,11,14,16-17H,4-7,9-10,12-13,21H2,1H3/t16-,17+/m0/s1. The smallest absolute Gasteiger partial charge is 0.246 e. The number of rotatable bonds is 8. The van der Waals surface area contributed by atoms with Crippen molar-refractivity contribution in [2.75, 3.05) is 20.1 Å². The molecule has 2 aliphatic rings. The molecule has 0 aromatic carbocycles. The second-order valence-corrected chi connectivity index (χ2v) is 7.97. The minimum atomic E-state index is 0.101. The highest BCUT2D eigenvalue weighted by molar-refractivity contribution is 5.76. The zero-order valence-electron chi connectivity index (χ0n) is 16.3. The van der Waals surface area contributed by atoms with Gasteiger partial charge in [0.2, 0.25) is 17.6 Å². The van der Waals surface area contributed by atoms with Crippen LogP contribution >= 0.6 is 0 Å². The molecule has 1 saturated carbocycles. The van der Waals surface area contributed by atoms with Crippen molar-refractivity contribution in [3.8, 4) is 11.4 Å². The average molecular weight is 384 g/mol. The summed E-state index contributed by atoms with van der Waals surface area (Å²) < 4.78 is 5.32. The van der Waals surface area contributed by atoms with E-state index in [0.29, 0.717) is 37.3 Å². The number of aromatic nitrogens is 3. The van der Waals surface area contributed by atoms with Crippen LogP contribution in [0.1, 0.15) is 38.0 Å². The van der Waals surface area contributed by atoms with E-state index in [2.05, 4.69) is 20.0 Å². The first-order valence-corrected chi connectivity index (χ1v) is 10.1. The Kier molecular flexibility index (Phi) is 5.68. The quantitative estimate of drug-likeness (QED) is 0.739. The van der Waals surface area contributed by atoms with Gasteiger partial charge in [-0.25, -0.2) is 0 Å². The summed E-state index contributed by atoms with van der Waals surface area (Å²) >= 11 is 0. The molecule has 2 atom stereocenters. The number of hydrogen-bond acceptors (Lipinski definition) is 7. The topological polar surface area (TPSA) is 101 Å². The molecule has 0 unspecified atom stereocenters. The molecule has 28 heavy (non-hydrogen) atoms. The average Bonchev–Trinajstić information content (AvgIpc) is 3.28. The van der Waals surface area contributed by atoms with Crippen LogP contribution in [0.2, 0.25) is 0 Å². The maximum atomic E-state index is 12.8. The van der Waals surface area contributed by atoms with Gasteiger partial charge in [-0.15, -0.1) is 0 Å². The van der Waals surface area contributed by atoms with E-state index >= 15 is 0 Å². The zero-order chi connectivity index (χ0) is 19.5. The van der Waals surface area contributed by atoms with Gasteiger partial charge in [-0.05, 0) is 43.7 Å². The Balaban J connectivity index is 1.34. The van der Waals surface area contributed by atoms with Gasteiger partial charge in [-0.3, -0.25) is 14.7 Å². The Bertz CT molecular complexity index is 791. The molecule has 1 aliphatic carbocycles. The van der Waals surface area contributed by atoms with Gasteiger partial charge in [-0.1, -0.05) is 5.16 Å². The van der Waals surface area contributed by atoms with Crippen LogP contribution in [0.5, 0.6) is 0 Å². The Morgan fingerprint density at radius 2 is 2.14 bits per heavy atom. The molecular weight excluding hydrogens is 356 g/mol. The van der Waals surface area contributed by atoms with E-state index in [9.17, 15) is 4.79 Å². The van der Waals surface area contributed by atoms with Crippen molar-refractivity contribution in [1.82, 2.24) is 24.9 Å². The maximum Gasteiger partial charge on any atom is 0.246 e. The Morgan fingerprint density at radius 3 is 2.86 bits per heavy atom. The van der Waals surface area contributed by atoms with Crippen molar-refractivity contribution >= 4 is 5.91 Å². The van der Waals surface area contributed by atoms with Gasteiger partial charge >= 0.3 is 0 Å². The lowest BCUT2D eigenvalue weighted by Crippen LogP contribution is -2.43. The summed E-state index contributed by atoms with van der Waals surface area (Å²) in [6.45, 7) is 2.07. The van der Waals surface area contributed by atoms with Crippen molar-refractivity contribution in [3.63, 3.8) is 0 Å². The van der Waals surface area contributed by atoms with Crippen LogP contribution < -0.4 is 5.73 Å². The molecule has 0 spiro atoms. The van der Waals surface area contributed by atoms with Crippen molar-refractivity contribution < 1.29 is 9.32 Å². The Labute approximate surface area is 165 Å². The molecule has 0 radical (unpaired) electrons. The molecule has 1 saturated heterocycles. The molecule has 2 aromatic rings. The first kappa shape index (κ1) is 19.0. The highest BCUT2D eigenvalue weighted by Gasteiger charge is 2.37. The van der Waals surface area contributed by atoms with Gasteiger partial charge in [0.15, 0.2) is 0 Å². The molecule has 3 heterocycles. The van der Waals surface area contributed by atoms with Gasteiger partial charge in [0.25, 0.3) is 0 Å². The minimum Gasteiger partial charge on any atom is -0.337 e. The fourth-order valence-corrected chi connectivity index (χ4v) is 3.96. The third-order valence-electron chi connectivity index (χ3n) is 5.81. The van der Waals surface area contributed by atoms with Crippen LogP contribution in [0.25, 0.3) is 11.4 Å². The van der Waals surface area contributed by atoms with Crippen molar-refractivity contribution in [2.24, 2.45) is 11.7 Å². The highest BCUT2D eigenvalue weighted by atomic mass is 16.5. The van der Waals surface area contributed by atoms with E-state index in [-0.39, 0.29) is 11.9 Å². The molecule has 2 fully saturated rings. The number of amides is 1. The number of carbonyl (C=O) groups excluding carboxylic acids is 1. The lowest BCUT2D eigenvalue weighted by molar-refractivity contribution is -0.132. The van der Waals surface area contributed by atoms with Crippen LogP contribution in [-0.4, -0.2) is 63.1 Å². The molecule has 8 heteroatoms. The third-order valence-corrected chi connectivity index (χ3v) is 5.81. The van der Waals surface area contributed by atoms with Gasteiger partial charge in [0.1, 0.15) is 0 Å². The summed E-state index contributed by atoms with van der Waals surface area (Å²) in [6.07, 6.45) is 8.65. The lowest BCUT2D eigenvalue weighted by atomic mass is 10.1. The van der Waals surface area contributed by atoms with Crippen LogP contribution in [0, 0.1) is 5.92 Å². The summed E-state index contributed by atoms with van der Waals surface area (Å²) in [6, 6.07) is 4.41. The van der Waals surface area contributed by atoms with E-state index in [1.165, 1.54) is 12.8 Å². The number of likely N-dealkylation sites (tertiary alicyclic amines) is 1. The molecule has 0 bridgehead atoms. The van der Waals surface area contributed by atoms with Crippen molar-refractivity contribution in [3.05, 3.63) is 30.4 Å². The van der Waals surface area contributed by atoms with Crippen LogP contribution in [0.3, 0.4) is 0 Å². The molecule has 1 aliphatic heterocycles. The molecule has 4 rings (SSSR count). The van der Waals surface area contributed by atoms with E-state index in [4.69, 9.17) is 10.3 Å². The first-order chi connectivity index (χ1) is 13.6. The number of nitrogens with two attached hydrogens (primary N) is 1. The molecular formula is C20H28N6O2. The fourth-order valence-electron chi connectivity index (χ4n) is 3.96. The Hall–Kier alpha value is -2.32. The summed E-state index contributed by atoms with van der Waals surface area (Å²) in [5.41, 5.74) is 6.75. The molecule has 2 aromatic heterocycles. The van der Waals surface area contributed by atoms with Crippen LogP contribution in [0.4, 0.5) is 0 Å². The summed E-state index contributed by atoms with van der Waals surface area (Å²) in [5.74, 6) is 1.81. The number of carbonyl (C=O) groups is 1. The second kappa shape index (κ2) is 8.36. The summed E-state index contributed by atoms with van der Waals surface area (Å²) in [5, 5.41) is 3.99. The summed E-state index contributed by atoms with van der Waals surface area (Å²) in [7, 11) is 1.79. The zero-order valence-corrected chi connectivity index (χ0v) is 16.3. The lowest BCUT2D eigenvalue weighted by Gasteiger charge is -2.30. The number of nitrogens with zero attached hydrogens (tertiary/aromatic N) is 5. The number of pyridine rings is 1. The van der Waals surface area contributed by atoms with Gasteiger partial charge in [0, 0.05) is 56.6 Å². The Morgan fingerprint density at radius 1 is 1.32 bits per heavy atom. The van der Waals surface area contributed by atoms with Gasteiger partial charge in [-0.2, -0.15) is 4.98 Å². The molecule has 150 valence electrons. The normalized spacial score (nSPS) is 22.5. The first-order valence-electron chi connectivity index (χ1n) is 10.1. The van der Waals surface area contributed by atoms with E-state index in [0.717, 1.165) is 30.9 Å². The highest BCUT2D eigenvalue weighted by Crippen LogP contribution is 2.35. The molecule has 8 nitrogen and oxygen atoms in total. The summed E-state index contributed by atoms with van der Waals surface area (Å²) in [4.78, 5) is 25.4. The third kappa shape index (κ3) is 4.39. The van der Waals surface area contributed by atoms with E-state index in [1.807, 2.05) is 12.1 Å². The predicted octanol–water partition coefficient (Wildman–Crippen LogP) is 1.68. The monoisotopic (exact) mass is 384 g/mol. The van der Waals surface area contributed by atoms with E-state index < -0.39 is 0 Å².